The molecule has 0 unspecified atom stereocenters. The van der Waals surface area contributed by atoms with Crippen LogP contribution in [0, 0.1) is 0 Å². The molecule has 3 aromatic rings. The Morgan fingerprint density at radius 3 is 2.73 bits per heavy atom. The zero-order valence-electron chi connectivity index (χ0n) is 11.7. The lowest BCUT2D eigenvalue weighted by Gasteiger charge is -2.18. The molecule has 2 heterocycles. The normalized spacial score (nSPS) is 13.4. The first kappa shape index (κ1) is 13.5. The van der Waals surface area contributed by atoms with Crippen molar-refractivity contribution < 1.29 is 0 Å². The van der Waals surface area contributed by atoms with Gasteiger partial charge in [0.05, 0.1) is 21.7 Å². The number of rotatable bonds is 1. The van der Waals surface area contributed by atoms with Gasteiger partial charge < -0.3 is 9.88 Å². The van der Waals surface area contributed by atoms with Gasteiger partial charge in [0.2, 0.25) is 5.95 Å². The highest BCUT2D eigenvalue weighted by molar-refractivity contribution is 7.80. The van der Waals surface area contributed by atoms with Gasteiger partial charge in [-0.05, 0) is 36.5 Å². The van der Waals surface area contributed by atoms with Crippen molar-refractivity contribution in [2.45, 2.75) is 6.54 Å². The number of nitrogens with zero attached hydrogens (tertiary/aromatic N) is 3. The van der Waals surface area contributed by atoms with Gasteiger partial charge in [-0.3, -0.25) is 4.90 Å². The maximum atomic E-state index is 6.18. The highest BCUT2D eigenvalue weighted by Gasteiger charge is 2.26. The molecule has 22 heavy (non-hydrogen) atoms. The Labute approximate surface area is 138 Å². The van der Waals surface area contributed by atoms with Crippen LogP contribution in [0.3, 0.4) is 0 Å². The summed E-state index contributed by atoms with van der Waals surface area (Å²) < 4.78 is 2.19. The molecular weight excluding hydrogens is 316 g/mol. The summed E-state index contributed by atoms with van der Waals surface area (Å²) in [6.45, 7) is 1.68. The van der Waals surface area contributed by atoms with Gasteiger partial charge >= 0.3 is 0 Å². The van der Waals surface area contributed by atoms with Crippen molar-refractivity contribution >= 4 is 51.6 Å². The van der Waals surface area contributed by atoms with Gasteiger partial charge in [0.25, 0.3) is 0 Å². The number of imidazole rings is 1. The van der Waals surface area contributed by atoms with Crippen LogP contribution in [-0.2, 0) is 6.54 Å². The number of hydrogen-bond acceptors (Lipinski definition) is 2. The van der Waals surface area contributed by atoms with Crippen LogP contribution < -0.4 is 10.2 Å². The van der Waals surface area contributed by atoms with Gasteiger partial charge in [0.15, 0.2) is 5.11 Å². The second kappa shape index (κ2) is 5.26. The third-order valence-corrected chi connectivity index (χ3v) is 4.44. The fourth-order valence-electron chi connectivity index (χ4n) is 2.73. The first-order valence-electron chi connectivity index (χ1n) is 7.02. The number of fused-ring (bicyclic) bond motifs is 3. The van der Waals surface area contributed by atoms with E-state index in [1.165, 1.54) is 0 Å². The molecule has 0 fully saturated rings. The monoisotopic (exact) mass is 328 g/mol. The molecule has 0 amide bonds. The molecule has 0 saturated heterocycles. The quantitative estimate of drug-likeness (QED) is 0.687. The zero-order chi connectivity index (χ0) is 15.1. The third kappa shape index (κ3) is 2.14. The van der Waals surface area contributed by atoms with E-state index in [4.69, 9.17) is 23.8 Å². The second-order valence-corrected chi connectivity index (χ2v) is 5.91. The molecule has 6 heteroatoms. The summed E-state index contributed by atoms with van der Waals surface area (Å²) in [5.74, 6) is 0.880. The van der Waals surface area contributed by atoms with Crippen LogP contribution in [0.4, 0.5) is 11.6 Å². The molecule has 0 aliphatic carbocycles. The minimum atomic E-state index is 0.613. The van der Waals surface area contributed by atoms with E-state index in [1.807, 2.05) is 47.4 Å². The fraction of sp³-hybridized carbons (Fsp3) is 0.125. The zero-order valence-corrected chi connectivity index (χ0v) is 13.2. The molecule has 110 valence electrons. The minimum absolute atomic E-state index is 0.613. The second-order valence-electron chi connectivity index (χ2n) is 5.11. The summed E-state index contributed by atoms with van der Waals surface area (Å²) >= 11 is 11.7. The SMILES string of the molecule is S=C(Nc1ccccc1Cl)N1CCn2c1nc1ccccc12. The number of anilines is 2. The Hall–Kier alpha value is -2.11. The van der Waals surface area contributed by atoms with Crippen LogP contribution in [0.2, 0.25) is 5.02 Å². The van der Waals surface area contributed by atoms with Crippen molar-refractivity contribution in [3.05, 3.63) is 53.6 Å². The van der Waals surface area contributed by atoms with Crippen molar-refractivity contribution in [2.75, 3.05) is 16.8 Å². The van der Waals surface area contributed by atoms with Crippen molar-refractivity contribution in [2.24, 2.45) is 0 Å². The maximum Gasteiger partial charge on any atom is 0.213 e. The summed E-state index contributed by atoms with van der Waals surface area (Å²) in [7, 11) is 0. The van der Waals surface area contributed by atoms with E-state index in [0.29, 0.717) is 10.1 Å². The van der Waals surface area contributed by atoms with E-state index in [-0.39, 0.29) is 0 Å². The van der Waals surface area contributed by atoms with E-state index in [2.05, 4.69) is 20.9 Å². The number of halogens is 1. The molecule has 1 aliphatic heterocycles. The Morgan fingerprint density at radius 2 is 1.86 bits per heavy atom. The molecule has 0 saturated carbocycles. The number of thiocarbonyl (C=S) groups is 1. The molecular formula is C16H13ClN4S. The Kier molecular flexibility index (Phi) is 3.24. The molecule has 0 bridgehead atoms. The number of para-hydroxylation sites is 3. The van der Waals surface area contributed by atoms with Crippen LogP contribution in [0.5, 0.6) is 0 Å². The number of hydrogen-bond donors (Lipinski definition) is 1. The van der Waals surface area contributed by atoms with Gasteiger partial charge in [-0.1, -0.05) is 35.9 Å². The predicted molar refractivity (Wildman–Crippen MR) is 94.8 cm³/mol. The average Bonchev–Trinajstić information content (AvgIpc) is 3.08. The van der Waals surface area contributed by atoms with E-state index in [9.17, 15) is 0 Å². The molecule has 0 radical (unpaired) electrons. The van der Waals surface area contributed by atoms with Crippen molar-refractivity contribution in [3.63, 3.8) is 0 Å². The Balaban J connectivity index is 1.66. The van der Waals surface area contributed by atoms with Crippen LogP contribution in [0.25, 0.3) is 11.0 Å². The molecule has 1 aliphatic rings. The van der Waals surface area contributed by atoms with Gasteiger partial charge in [-0.2, -0.15) is 0 Å². The van der Waals surface area contributed by atoms with Crippen molar-refractivity contribution in [1.29, 1.82) is 0 Å². The Morgan fingerprint density at radius 1 is 1.09 bits per heavy atom. The minimum Gasteiger partial charge on any atom is -0.331 e. The van der Waals surface area contributed by atoms with Gasteiger partial charge in [0, 0.05) is 13.1 Å². The van der Waals surface area contributed by atoms with E-state index in [1.54, 1.807) is 0 Å². The van der Waals surface area contributed by atoms with Gasteiger partial charge in [-0.15, -0.1) is 0 Å². The number of benzene rings is 2. The molecule has 2 aromatic carbocycles. The molecule has 4 nitrogen and oxygen atoms in total. The first-order valence-corrected chi connectivity index (χ1v) is 7.81. The molecule has 1 aromatic heterocycles. The summed E-state index contributed by atoms with van der Waals surface area (Å²) in [6.07, 6.45) is 0. The fourth-order valence-corrected chi connectivity index (χ4v) is 3.19. The predicted octanol–water partition coefficient (Wildman–Crippen LogP) is 3.91. The lowest BCUT2D eigenvalue weighted by atomic mass is 10.3. The van der Waals surface area contributed by atoms with E-state index >= 15 is 0 Å². The van der Waals surface area contributed by atoms with Gasteiger partial charge in [0.1, 0.15) is 0 Å². The molecule has 0 atom stereocenters. The van der Waals surface area contributed by atoms with Crippen LogP contribution in [0.15, 0.2) is 48.5 Å². The molecule has 4 rings (SSSR count). The smallest absolute Gasteiger partial charge is 0.213 e. The summed E-state index contributed by atoms with van der Waals surface area (Å²) in [6, 6.07) is 15.7. The highest BCUT2D eigenvalue weighted by Crippen LogP contribution is 2.28. The van der Waals surface area contributed by atoms with Crippen molar-refractivity contribution in [1.82, 2.24) is 9.55 Å². The topological polar surface area (TPSA) is 33.1 Å². The third-order valence-electron chi connectivity index (χ3n) is 3.78. The van der Waals surface area contributed by atoms with E-state index < -0.39 is 0 Å². The standard InChI is InChI=1S/C16H13ClN4S/c17-11-5-1-2-6-12(11)19-16(22)21-10-9-20-14-8-4-3-7-13(14)18-15(20)21/h1-8H,9-10H2,(H,19,22). The summed E-state index contributed by atoms with van der Waals surface area (Å²) in [5, 5.41) is 4.47. The molecule has 1 N–H and O–H groups in total. The highest BCUT2D eigenvalue weighted by atomic mass is 35.5. The first-order chi connectivity index (χ1) is 10.7. The largest absolute Gasteiger partial charge is 0.331 e. The number of nitrogens with one attached hydrogen (secondary N) is 1. The number of aromatic nitrogens is 2. The Bertz CT molecular complexity index is 873. The van der Waals surface area contributed by atoms with Gasteiger partial charge in [-0.25, -0.2) is 4.98 Å². The van der Waals surface area contributed by atoms with Crippen LogP contribution in [0.1, 0.15) is 0 Å². The lowest BCUT2D eigenvalue weighted by molar-refractivity contribution is 0.829. The summed E-state index contributed by atoms with van der Waals surface area (Å²) in [4.78, 5) is 6.70. The lowest BCUT2D eigenvalue weighted by Crippen LogP contribution is -2.33. The van der Waals surface area contributed by atoms with Crippen LogP contribution in [-0.4, -0.2) is 21.2 Å². The summed E-state index contributed by atoms with van der Waals surface area (Å²) in [5.41, 5.74) is 2.94. The van der Waals surface area contributed by atoms with Crippen LogP contribution >= 0.6 is 23.8 Å². The average molecular weight is 329 g/mol. The van der Waals surface area contributed by atoms with Crippen molar-refractivity contribution in [3.8, 4) is 0 Å². The van der Waals surface area contributed by atoms with E-state index in [0.717, 1.165) is 35.8 Å². The maximum absolute atomic E-state index is 6.18. The molecule has 0 spiro atoms.